The molecule has 0 bridgehead atoms. The van der Waals surface area contributed by atoms with Gasteiger partial charge in [-0.1, -0.05) is 6.07 Å². The Morgan fingerprint density at radius 3 is 2.45 bits per heavy atom. The van der Waals surface area contributed by atoms with Gasteiger partial charge in [0.2, 0.25) is 0 Å². The summed E-state index contributed by atoms with van der Waals surface area (Å²) in [5, 5.41) is 7.11. The zero-order valence-corrected chi connectivity index (χ0v) is 14.3. The van der Waals surface area contributed by atoms with Gasteiger partial charge < -0.3 is 15.1 Å². The lowest BCUT2D eigenvalue weighted by atomic mass is 10.1. The lowest BCUT2D eigenvalue weighted by Crippen LogP contribution is -2.36. The summed E-state index contributed by atoms with van der Waals surface area (Å²) in [5.41, 5.74) is 3.44. The highest BCUT2D eigenvalue weighted by Crippen LogP contribution is 2.18. The molecule has 2 rings (SSSR count). The van der Waals surface area contributed by atoms with Crippen molar-refractivity contribution in [2.24, 2.45) is 0 Å². The molecule has 2 N–H and O–H groups in total. The number of hydrogen-bond acceptors (Lipinski definition) is 3. The minimum Gasteiger partial charge on any atom is -0.468 e. The Bertz CT molecular complexity index is 603. The molecule has 0 aliphatic rings. The van der Waals surface area contributed by atoms with E-state index in [0.29, 0.717) is 11.7 Å². The topological polar surface area (TPSA) is 40.4 Å². The summed E-state index contributed by atoms with van der Waals surface area (Å²) in [4.78, 5) is 2.10. The minimum atomic E-state index is 0.133. The number of furan rings is 1. The van der Waals surface area contributed by atoms with Gasteiger partial charge >= 0.3 is 0 Å². The fraction of sp³-hybridized carbons (Fsp3) is 0.353. The van der Waals surface area contributed by atoms with E-state index in [1.165, 1.54) is 11.1 Å². The fourth-order valence-electron chi connectivity index (χ4n) is 2.43. The summed E-state index contributed by atoms with van der Waals surface area (Å²) in [6.45, 7) is 4.83. The van der Waals surface area contributed by atoms with Crippen molar-refractivity contribution in [3.8, 4) is 0 Å². The largest absolute Gasteiger partial charge is 0.468 e. The van der Waals surface area contributed by atoms with Crippen LogP contribution in [0, 0.1) is 13.8 Å². The van der Waals surface area contributed by atoms with Gasteiger partial charge in [-0.05, 0) is 75.6 Å². The van der Waals surface area contributed by atoms with E-state index in [9.17, 15) is 0 Å². The minimum absolute atomic E-state index is 0.133. The van der Waals surface area contributed by atoms with Gasteiger partial charge in [-0.2, -0.15) is 0 Å². The third kappa shape index (κ3) is 4.58. The van der Waals surface area contributed by atoms with E-state index in [2.05, 4.69) is 47.6 Å². The van der Waals surface area contributed by atoms with E-state index in [1.807, 2.05) is 26.2 Å². The second-order valence-electron chi connectivity index (χ2n) is 5.71. The Morgan fingerprint density at radius 2 is 1.91 bits per heavy atom. The van der Waals surface area contributed by atoms with Crippen LogP contribution in [0.5, 0.6) is 0 Å². The number of anilines is 1. The third-order valence-corrected chi connectivity index (χ3v) is 3.68. The summed E-state index contributed by atoms with van der Waals surface area (Å²) in [6.07, 6.45) is 1.69. The predicted molar refractivity (Wildman–Crippen MR) is 95.3 cm³/mol. The van der Waals surface area contributed by atoms with E-state index in [0.717, 1.165) is 11.4 Å². The van der Waals surface area contributed by atoms with Crippen LogP contribution in [0.3, 0.4) is 0 Å². The molecule has 1 atom stereocenters. The number of nitrogens with zero attached hydrogens (tertiary/aromatic N) is 1. The maximum Gasteiger partial charge on any atom is 0.170 e. The van der Waals surface area contributed by atoms with Crippen LogP contribution in [0.25, 0.3) is 0 Å². The Kier molecular flexibility index (Phi) is 5.57. The summed E-state index contributed by atoms with van der Waals surface area (Å²) in [5.74, 6) is 0.923. The van der Waals surface area contributed by atoms with Crippen LogP contribution in [0.15, 0.2) is 41.0 Å². The number of hydrogen-bond donors (Lipinski definition) is 2. The molecule has 0 aliphatic heterocycles. The van der Waals surface area contributed by atoms with Crippen molar-refractivity contribution in [1.82, 2.24) is 10.2 Å². The molecule has 2 aromatic rings. The maximum atomic E-state index is 5.49. The summed E-state index contributed by atoms with van der Waals surface area (Å²) in [6, 6.07) is 10.3. The molecular formula is C17H23N3OS. The molecule has 0 spiro atoms. The van der Waals surface area contributed by atoms with Crippen LogP contribution in [-0.2, 0) is 0 Å². The van der Waals surface area contributed by atoms with Crippen molar-refractivity contribution in [3.63, 3.8) is 0 Å². The second-order valence-corrected chi connectivity index (χ2v) is 6.11. The number of thiocarbonyl (C=S) groups is 1. The number of aryl methyl sites for hydroxylation is 2. The van der Waals surface area contributed by atoms with Crippen molar-refractivity contribution in [3.05, 3.63) is 53.5 Å². The molecule has 1 aromatic carbocycles. The SMILES string of the molecule is Cc1cc(C)cc(NC(=S)NC[C@@H](c2ccco2)N(C)C)c1. The average molecular weight is 317 g/mol. The van der Waals surface area contributed by atoms with Crippen LogP contribution in [0.4, 0.5) is 5.69 Å². The van der Waals surface area contributed by atoms with Gasteiger partial charge in [0, 0.05) is 12.2 Å². The van der Waals surface area contributed by atoms with Crippen molar-refractivity contribution in [2.45, 2.75) is 19.9 Å². The van der Waals surface area contributed by atoms with Crippen LogP contribution in [0.2, 0.25) is 0 Å². The van der Waals surface area contributed by atoms with Crippen molar-refractivity contribution in [1.29, 1.82) is 0 Å². The molecule has 22 heavy (non-hydrogen) atoms. The van der Waals surface area contributed by atoms with E-state index >= 15 is 0 Å². The first-order chi connectivity index (χ1) is 10.5. The quantitative estimate of drug-likeness (QED) is 0.826. The van der Waals surface area contributed by atoms with Crippen LogP contribution >= 0.6 is 12.2 Å². The number of rotatable bonds is 5. The lowest BCUT2D eigenvalue weighted by Gasteiger charge is -2.23. The van der Waals surface area contributed by atoms with Gasteiger partial charge in [0.1, 0.15) is 5.76 Å². The monoisotopic (exact) mass is 317 g/mol. The second kappa shape index (κ2) is 7.42. The molecule has 1 heterocycles. The lowest BCUT2D eigenvalue weighted by molar-refractivity contribution is 0.259. The molecule has 5 heteroatoms. The molecule has 0 amide bonds. The molecule has 0 saturated heterocycles. The average Bonchev–Trinajstić information content (AvgIpc) is 2.91. The predicted octanol–water partition coefficient (Wildman–Crippen LogP) is 3.49. The Morgan fingerprint density at radius 1 is 1.23 bits per heavy atom. The Hall–Kier alpha value is -1.85. The molecule has 118 valence electrons. The van der Waals surface area contributed by atoms with Gasteiger partial charge in [0.05, 0.1) is 12.3 Å². The highest BCUT2D eigenvalue weighted by Gasteiger charge is 2.16. The summed E-state index contributed by atoms with van der Waals surface area (Å²) >= 11 is 5.39. The first-order valence-electron chi connectivity index (χ1n) is 7.28. The molecule has 0 unspecified atom stereocenters. The molecule has 4 nitrogen and oxygen atoms in total. The van der Waals surface area contributed by atoms with Gasteiger partial charge in [0.25, 0.3) is 0 Å². The molecular weight excluding hydrogens is 294 g/mol. The Labute approximate surface area is 137 Å². The van der Waals surface area contributed by atoms with Crippen molar-refractivity contribution >= 4 is 23.0 Å². The van der Waals surface area contributed by atoms with Crippen molar-refractivity contribution < 1.29 is 4.42 Å². The van der Waals surface area contributed by atoms with Gasteiger partial charge in [-0.15, -0.1) is 0 Å². The third-order valence-electron chi connectivity index (χ3n) is 3.43. The maximum absolute atomic E-state index is 5.49. The first kappa shape index (κ1) is 16.5. The van der Waals surface area contributed by atoms with Gasteiger partial charge in [-0.25, -0.2) is 0 Å². The van der Waals surface area contributed by atoms with Crippen LogP contribution in [-0.4, -0.2) is 30.7 Å². The fourth-order valence-corrected chi connectivity index (χ4v) is 2.63. The molecule has 1 aromatic heterocycles. The Balaban J connectivity index is 1.94. The first-order valence-corrected chi connectivity index (χ1v) is 7.69. The van der Waals surface area contributed by atoms with E-state index in [-0.39, 0.29) is 6.04 Å². The van der Waals surface area contributed by atoms with E-state index < -0.39 is 0 Å². The smallest absolute Gasteiger partial charge is 0.170 e. The van der Waals surface area contributed by atoms with E-state index in [1.54, 1.807) is 6.26 Å². The molecule has 0 aliphatic carbocycles. The van der Waals surface area contributed by atoms with Gasteiger partial charge in [0.15, 0.2) is 5.11 Å². The number of nitrogens with one attached hydrogen (secondary N) is 2. The summed E-state index contributed by atoms with van der Waals surface area (Å²) < 4.78 is 5.49. The highest BCUT2D eigenvalue weighted by molar-refractivity contribution is 7.80. The van der Waals surface area contributed by atoms with E-state index in [4.69, 9.17) is 16.6 Å². The molecule has 0 radical (unpaired) electrons. The number of likely N-dealkylation sites (N-methyl/N-ethyl adjacent to an activating group) is 1. The standard InChI is InChI=1S/C17H23N3OS/c1-12-8-13(2)10-14(9-12)19-17(22)18-11-15(20(3)4)16-6-5-7-21-16/h5-10,15H,11H2,1-4H3,(H2,18,19,22)/t15-/m0/s1. The van der Waals surface area contributed by atoms with Crippen LogP contribution in [0.1, 0.15) is 22.9 Å². The number of benzene rings is 1. The zero-order chi connectivity index (χ0) is 16.1. The normalized spacial score (nSPS) is 12.2. The van der Waals surface area contributed by atoms with Gasteiger partial charge in [-0.3, -0.25) is 4.90 Å². The van der Waals surface area contributed by atoms with Crippen molar-refractivity contribution in [2.75, 3.05) is 26.0 Å². The zero-order valence-electron chi connectivity index (χ0n) is 13.5. The molecule has 0 saturated carbocycles. The van der Waals surface area contributed by atoms with Crippen LogP contribution < -0.4 is 10.6 Å². The summed E-state index contributed by atoms with van der Waals surface area (Å²) in [7, 11) is 4.05. The highest BCUT2D eigenvalue weighted by atomic mass is 32.1. The molecule has 0 fully saturated rings.